The highest BCUT2D eigenvalue weighted by Crippen LogP contribution is 2.24. The predicted octanol–water partition coefficient (Wildman–Crippen LogP) is 0.830. The van der Waals surface area contributed by atoms with Gasteiger partial charge in [0.1, 0.15) is 5.00 Å². The van der Waals surface area contributed by atoms with Crippen molar-refractivity contribution in [3.63, 3.8) is 0 Å². The van der Waals surface area contributed by atoms with Gasteiger partial charge in [-0.05, 0) is 12.8 Å². The highest BCUT2D eigenvalue weighted by Gasteiger charge is 2.26. The Hall–Kier alpha value is -1.15. The molecule has 94 valence electrons. The van der Waals surface area contributed by atoms with Gasteiger partial charge in [0.15, 0.2) is 15.5 Å². The molecular formula is C9H12N2O4S2. The molecule has 0 saturated carbocycles. The number of carbonyl (C=O) groups is 1. The molecular weight excluding hydrogens is 264 g/mol. The van der Waals surface area contributed by atoms with Crippen molar-refractivity contribution in [1.82, 2.24) is 4.98 Å². The first-order valence-electron chi connectivity index (χ1n) is 5.12. The molecule has 1 aromatic rings. The number of aromatic carboxylic acids is 1. The third kappa shape index (κ3) is 2.95. The lowest BCUT2D eigenvalue weighted by Gasteiger charge is -2.23. The van der Waals surface area contributed by atoms with Crippen LogP contribution in [0, 0.1) is 0 Å². The van der Waals surface area contributed by atoms with Crippen LogP contribution < -0.4 is 5.32 Å². The van der Waals surface area contributed by atoms with E-state index in [0.29, 0.717) is 11.4 Å². The predicted molar refractivity (Wildman–Crippen MR) is 64.4 cm³/mol. The van der Waals surface area contributed by atoms with Gasteiger partial charge in [-0.2, -0.15) is 0 Å². The molecule has 1 aromatic heterocycles. The van der Waals surface area contributed by atoms with Gasteiger partial charge in [-0.25, -0.2) is 18.2 Å². The van der Waals surface area contributed by atoms with E-state index in [2.05, 4.69) is 10.3 Å². The summed E-state index contributed by atoms with van der Waals surface area (Å²) >= 11 is 1.17. The molecule has 1 atom stereocenters. The highest BCUT2D eigenvalue weighted by atomic mass is 32.2. The average molecular weight is 276 g/mol. The van der Waals surface area contributed by atoms with E-state index in [1.807, 2.05) is 0 Å². The Morgan fingerprint density at radius 1 is 1.59 bits per heavy atom. The molecule has 0 radical (unpaired) electrons. The smallest absolute Gasteiger partial charge is 0.357 e. The van der Waals surface area contributed by atoms with Gasteiger partial charge in [0.25, 0.3) is 0 Å². The van der Waals surface area contributed by atoms with Gasteiger partial charge in [-0.1, -0.05) is 0 Å². The van der Waals surface area contributed by atoms with Crippen LogP contribution in [0.25, 0.3) is 0 Å². The van der Waals surface area contributed by atoms with Gasteiger partial charge in [0.05, 0.1) is 17.0 Å². The summed E-state index contributed by atoms with van der Waals surface area (Å²) < 4.78 is 22.9. The van der Waals surface area contributed by atoms with E-state index in [1.54, 1.807) is 0 Å². The molecule has 6 nitrogen and oxygen atoms in total. The first-order chi connectivity index (χ1) is 7.98. The Balaban J connectivity index is 2.10. The maximum atomic E-state index is 11.4. The number of carboxylic acid groups (broad SMARTS) is 1. The van der Waals surface area contributed by atoms with E-state index >= 15 is 0 Å². The highest BCUT2D eigenvalue weighted by molar-refractivity contribution is 7.91. The minimum Gasteiger partial charge on any atom is -0.476 e. The molecule has 1 aliphatic heterocycles. The molecule has 1 saturated heterocycles. The summed E-state index contributed by atoms with van der Waals surface area (Å²) in [6, 6.07) is -0.215. The zero-order chi connectivity index (χ0) is 12.5. The van der Waals surface area contributed by atoms with E-state index in [9.17, 15) is 13.2 Å². The maximum absolute atomic E-state index is 11.4. The molecule has 2 heterocycles. The van der Waals surface area contributed by atoms with Crippen molar-refractivity contribution < 1.29 is 18.3 Å². The lowest BCUT2D eigenvalue weighted by Crippen LogP contribution is -2.34. The number of nitrogens with zero attached hydrogens (tertiary/aromatic N) is 1. The molecule has 8 heteroatoms. The van der Waals surface area contributed by atoms with Gasteiger partial charge in [0, 0.05) is 6.04 Å². The first-order valence-corrected chi connectivity index (χ1v) is 7.82. The van der Waals surface area contributed by atoms with E-state index in [4.69, 9.17) is 5.11 Å². The van der Waals surface area contributed by atoms with Gasteiger partial charge in [-0.3, -0.25) is 0 Å². The second-order valence-electron chi connectivity index (χ2n) is 3.93. The average Bonchev–Trinajstić information content (AvgIpc) is 2.64. The number of hydrogen-bond acceptors (Lipinski definition) is 6. The Bertz CT molecular complexity index is 523. The molecule has 0 aliphatic carbocycles. The number of rotatable bonds is 3. The second kappa shape index (κ2) is 4.61. The first kappa shape index (κ1) is 12.3. The van der Waals surface area contributed by atoms with Gasteiger partial charge in [0.2, 0.25) is 0 Å². The number of carboxylic acids is 1. The van der Waals surface area contributed by atoms with Crippen LogP contribution in [0.15, 0.2) is 5.51 Å². The molecule has 0 spiro atoms. The van der Waals surface area contributed by atoms with Gasteiger partial charge in [-0.15, -0.1) is 11.3 Å². The number of thiazole rings is 1. The van der Waals surface area contributed by atoms with Crippen molar-refractivity contribution in [3.05, 3.63) is 11.2 Å². The molecule has 2 N–H and O–H groups in total. The molecule has 0 bridgehead atoms. The van der Waals surface area contributed by atoms with E-state index < -0.39 is 15.8 Å². The minimum absolute atomic E-state index is 0.0435. The third-order valence-electron chi connectivity index (χ3n) is 2.57. The lowest BCUT2D eigenvalue weighted by atomic mass is 10.2. The number of nitrogens with one attached hydrogen (secondary N) is 1. The Morgan fingerprint density at radius 2 is 2.35 bits per heavy atom. The largest absolute Gasteiger partial charge is 0.476 e. The van der Waals surface area contributed by atoms with E-state index in [-0.39, 0.29) is 23.2 Å². The Labute approximate surface area is 103 Å². The standard InChI is InChI=1S/C9H12N2O4S2/c12-9(13)7-8(16-5-10-7)11-6-2-1-3-17(14,15)4-6/h5-6,11H,1-4H2,(H,12,13). The van der Waals surface area contributed by atoms with Gasteiger partial charge >= 0.3 is 5.97 Å². The van der Waals surface area contributed by atoms with E-state index in [0.717, 1.165) is 6.42 Å². The summed E-state index contributed by atoms with van der Waals surface area (Å²) in [5, 5.41) is 12.3. The van der Waals surface area contributed by atoms with Gasteiger partial charge < -0.3 is 10.4 Å². The Kier molecular flexibility index (Phi) is 3.34. The maximum Gasteiger partial charge on any atom is 0.357 e. The zero-order valence-corrected chi connectivity index (χ0v) is 10.6. The molecule has 0 aromatic carbocycles. The monoisotopic (exact) mass is 276 g/mol. The van der Waals surface area contributed by atoms with Crippen LogP contribution in [-0.2, 0) is 9.84 Å². The summed E-state index contributed by atoms with van der Waals surface area (Å²) in [4.78, 5) is 14.6. The molecule has 1 aliphatic rings. The summed E-state index contributed by atoms with van der Waals surface area (Å²) in [5.41, 5.74) is 1.39. The fourth-order valence-corrected chi connectivity index (χ4v) is 4.21. The lowest BCUT2D eigenvalue weighted by molar-refractivity contribution is 0.0692. The van der Waals surface area contributed by atoms with Crippen molar-refractivity contribution in [1.29, 1.82) is 0 Å². The van der Waals surface area contributed by atoms with Crippen molar-refractivity contribution in [2.45, 2.75) is 18.9 Å². The summed E-state index contributed by atoms with van der Waals surface area (Å²) in [5.74, 6) is -0.823. The van der Waals surface area contributed by atoms with Crippen LogP contribution in [0.5, 0.6) is 0 Å². The van der Waals surface area contributed by atoms with Crippen molar-refractivity contribution >= 4 is 32.1 Å². The number of anilines is 1. The van der Waals surface area contributed by atoms with Crippen LogP contribution >= 0.6 is 11.3 Å². The molecule has 1 fully saturated rings. The minimum atomic E-state index is -2.99. The molecule has 2 rings (SSSR count). The van der Waals surface area contributed by atoms with Crippen molar-refractivity contribution in [2.24, 2.45) is 0 Å². The topological polar surface area (TPSA) is 96.4 Å². The third-order valence-corrected chi connectivity index (χ3v) is 5.15. The van der Waals surface area contributed by atoms with Crippen LogP contribution in [-0.4, -0.2) is 42.0 Å². The summed E-state index contributed by atoms with van der Waals surface area (Å²) in [7, 11) is -2.99. The van der Waals surface area contributed by atoms with Crippen molar-refractivity contribution in [3.8, 4) is 0 Å². The van der Waals surface area contributed by atoms with Crippen LogP contribution in [0.4, 0.5) is 5.00 Å². The number of sulfone groups is 1. The molecule has 1 unspecified atom stereocenters. The fraction of sp³-hybridized carbons (Fsp3) is 0.556. The zero-order valence-electron chi connectivity index (χ0n) is 8.92. The summed E-state index contributed by atoms with van der Waals surface area (Å²) in [6.07, 6.45) is 1.34. The summed E-state index contributed by atoms with van der Waals surface area (Å²) in [6.45, 7) is 0. The number of hydrogen-bond donors (Lipinski definition) is 2. The number of aromatic nitrogens is 1. The normalized spacial score (nSPS) is 23.2. The van der Waals surface area contributed by atoms with Crippen LogP contribution in [0.1, 0.15) is 23.3 Å². The Morgan fingerprint density at radius 3 is 3.00 bits per heavy atom. The molecule has 0 amide bonds. The quantitative estimate of drug-likeness (QED) is 0.849. The van der Waals surface area contributed by atoms with E-state index in [1.165, 1.54) is 16.8 Å². The fourth-order valence-electron chi connectivity index (χ4n) is 1.82. The molecule has 17 heavy (non-hydrogen) atoms. The van der Waals surface area contributed by atoms with Crippen LogP contribution in [0.2, 0.25) is 0 Å². The second-order valence-corrected chi connectivity index (χ2v) is 7.02. The van der Waals surface area contributed by atoms with Crippen LogP contribution in [0.3, 0.4) is 0 Å². The van der Waals surface area contributed by atoms with Crippen molar-refractivity contribution in [2.75, 3.05) is 16.8 Å². The SMILES string of the molecule is O=C(O)c1ncsc1NC1CCCS(=O)(=O)C1.